The van der Waals surface area contributed by atoms with Crippen molar-refractivity contribution in [2.24, 2.45) is 0 Å². The highest BCUT2D eigenvalue weighted by molar-refractivity contribution is 5.52. The van der Waals surface area contributed by atoms with Crippen LogP contribution in [0.25, 0.3) is 11.8 Å². The van der Waals surface area contributed by atoms with Gasteiger partial charge in [0.05, 0.1) is 42.7 Å². The van der Waals surface area contributed by atoms with Crippen molar-refractivity contribution in [3.05, 3.63) is 77.3 Å². The van der Waals surface area contributed by atoms with Crippen LogP contribution in [0.3, 0.4) is 0 Å². The molecular weight excluding hydrogens is 476 g/mol. The molecule has 36 heavy (non-hydrogen) atoms. The van der Waals surface area contributed by atoms with Crippen molar-refractivity contribution in [1.29, 1.82) is 0 Å². The van der Waals surface area contributed by atoms with Crippen LogP contribution in [0.15, 0.2) is 48.9 Å². The van der Waals surface area contributed by atoms with Gasteiger partial charge in [0.25, 0.3) is 0 Å². The average Bonchev–Trinajstić information content (AvgIpc) is 3.47. The van der Waals surface area contributed by atoms with E-state index >= 15 is 0 Å². The Bertz CT molecular complexity index is 1270. The van der Waals surface area contributed by atoms with Gasteiger partial charge in [-0.3, -0.25) is 5.32 Å². The largest absolute Gasteiger partial charge is 0.479 e. The molecule has 2 aromatic heterocycles. The molecule has 1 aromatic carbocycles. The van der Waals surface area contributed by atoms with Crippen LogP contribution in [-0.4, -0.2) is 45.5 Å². The number of hydrogen-bond acceptors (Lipinski definition) is 6. The van der Waals surface area contributed by atoms with E-state index in [1.807, 2.05) is 47.0 Å². The minimum atomic E-state index is -4.63. The van der Waals surface area contributed by atoms with Crippen LogP contribution in [0.5, 0.6) is 5.88 Å². The first kappa shape index (κ1) is 24.4. The predicted molar refractivity (Wildman–Crippen MR) is 126 cm³/mol. The number of aromatic nitrogens is 3. The Balaban J connectivity index is 1.34. The summed E-state index contributed by atoms with van der Waals surface area (Å²) in [6.45, 7) is 2.58. The van der Waals surface area contributed by atoms with Gasteiger partial charge in [-0.15, -0.1) is 0 Å². The zero-order chi connectivity index (χ0) is 25.4. The van der Waals surface area contributed by atoms with Gasteiger partial charge >= 0.3 is 6.18 Å². The van der Waals surface area contributed by atoms with Gasteiger partial charge in [0.15, 0.2) is 0 Å². The Morgan fingerprint density at radius 3 is 2.75 bits per heavy atom. The van der Waals surface area contributed by atoms with Crippen molar-refractivity contribution >= 4 is 6.08 Å². The highest BCUT2D eigenvalue weighted by atomic mass is 19.4. The molecule has 2 saturated heterocycles. The molecule has 0 bridgehead atoms. The van der Waals surface area contributed by atoms with E-state index in [9.17, 15) is 17.6 Å². The number of benzene rings is 1. The summed E-state index contributed by atoms with van der Waals surface area (Å²) in [7, 11) is 1.55. The van der Waals surface area contributed by atoms with E-state index in [0.29, 0.717) is 30.6 Å². The number of imidazole rings is 1. The first-order valence-electron chi connectivity index (χ1n) is 11.6. The number of nitrogens with one attached hydrogen (secondary N) is 2. The topological polar surface area (TPSA) is 67.2 Å². The molecule has 190 valence electrons. The van der Waals surface area contributed by atoms with E-state index in [0.717, 1.165) is 23.9 Å². The van der Waals surface area contributed by atoms with E-state index in [-0.39, 0.29) is 17.9 Å². The van der Waals surface area contributed by atoms with Crippen molar-refractivity contribution in [2.45, 2.75) is 44.2 Å². The van der Waals surface area contributed by atoms with Crippen molar-refractivity contribution in [3.63, 3.8) is 0 Å². The van der Waals surface area contributed by atoms with Crippen LogP contribution >= 0.6 is 0 Å². The fourth-order valence-corrected chi connectivity index (χ4v) is 4.90. The third kappa shape index (κ3) is 4.86. The van der Waals surface area contributed by atoms with Crippen LogP contribution in [0.1, 0.15) is 41.3 Å². The summed E-state index contributed by atoms with van der Waals surface area (Å²) in [6.07, 6.45) is 3.23. The summed E-state index contributed by atoms with van der Waals surface area (Å²) in [6, 6.07) is 6.67. The molecule has 2 fully saturated rings. The Morgan fingerprint density at radius 1 is 1.19 bits per heavy atom. The van der Waals surface area contributed by atoms with Gasteiger partial charge in [-0.05, 0) is 61.7 Å². The lowest BCUT2D eigenvalue weighted by Gasteiger charge is -2.36. The number of alkyl halides is 3. The number of nitrogens with zero attached hydrogens (tertiary/aromatic N) is 4. The lowest BCUT2D eigenvalue weighted by Crippen LogP contribution is -2.47. The van der Waals surface area contributed by atoms with Crippen molar-refractivity contribution in [2.75, 3.05) is 13.7 Å². The minimum absolute atomic E-state index is 0.106. The van der Waals surface area contributed by atoms with Gasteiger partial charge in [-0.1, -0.05) is 6.07 Å². The van der Waals surface area contributed by atoms with Gasteiger partial charge in [0, 0.05) is 18.7 Å². The van der Waals surface area contributed by atoms with E-state index in [1.165, 1.54) is 6.07 Å². The minimum Gasteiger partial charge on any atom is -0.479 e. The molecule has 2 unspecified atom stereocenters. The second kappa shape index (κ2) is 9.64. The summed E-state index contributed by atoms with van der Waals surface area (Å²) < 4.78 is 61.9. The second-order valence-corrected chi connectivity index (χ2v) is 8.94. The molecule has 3 atom stereocenters. The maximum atomic E-state index is 13.7. The van der Waals surface area contributed by atoms with Gasteiger partial charge in [-0.2, -0.15) is 13.2 Å². The predicted octanol–water partition coefficient (Wildman–Crippen LogP) is 4.40. The highest BCUT2D eigenvalue weighted by Crippen LogP contribution is 2.41. The Labute approximate surface area is 205 Å². The summed E-state index contributed by atoms with van der Waals surface area (Å²) in [4.78, 5) is 8.78. The molecule has 7 nitrogen and oxygen atoms in total. The standard InChI is InChI=1S/C25H26F4N6O/c1-15-13-34(14-30-15)21-9-6-17(31-24(21)36-2)7-10-22-32-23-19(4-3-11-35(23)33-22)18-8-5-16(26)12-20(18)25(27,28)29/h5-10,12-14,19,22-23,32-33H,3-4,11H2,1-2H3/b10-7+/t19-,22?,23?/m0/s1. The number of hydrogen-bond donors (Lipinski definition) is 2. The molecular formula is C25H26F4N6O. The highest BCUT2D eigenvalue weighted by Gasteiger charge is 2.43. The van der Waals surface area contributed by atoms with Crippen LogP contribution in [0, 0.1) is 12.7 Å². The third-order valence-electron chi connectivity index (χ3n) is 6.51. The number of piperidine rings is 1. The quantitative estimate of drug-likeness (QED) is 0.505. The summed E-state index contributed by atoms with van der Waals surface area (Å²) in [5.41, 5.74) is 4.79. The van der Waals surface area contributed by atoms with Gasteiger partial charge < -0.3 is 9.30 Å². The Hall–Kier alpha value is -3.28. The molecule has 4 heterocycles. The van der Waals surface area contributed by atoms with E-state index in [2.05, 4.69) is 20.7 Å². The number of fused-ring (bicyclic) bond motifs is 1. The normalized spacial score (nSPS) is 22.8. The molecule has 0 aliphatic carbocycles. The summed E-state index contributed by atoms with van der Waals surface area (Å²) >= 11 is 0. The van der Waals surface area contributed by atoms with Crippen molar-refractivity contribution in [3.8, 4) is 11.6 Å². The fourth-order valence-electron chi connectivity index (χ4n) is 4.90. The molecule has 2 aliphatic heterocycles. The smallest absolute Gasteiger partial charge is 0.416 e. The van der Waals surface area contributed by atoms with Crippen LogP contribution < -0.4 is 15.5 Å². The van der Waals surface area contributed by atoms with E-state index < -0.39 is 23.5 Å². The van der Waals surface area contributed by atoms with Gasteiger partial charge in [0.1, 0.15) is 11.5 Å². The van der Waals surface area contributed by atoms with E-state index in [4.69, 9.17) is 4.74 Å². The van der Waals surface area contributed by atoms with Crippen molar-refractivity contribution in [1.82, 2.24) is 30.3 Å². The zero-order valence-corrected chi connectivity index (χ0v) is 19.8. The maximum Gasteiger partial charge on any atom is 0.416 e. The van der Waals surface area contributed by atoms with Crippen LogP contribution in [-0.2, 0) is 6.18 Å². The molecule has 0 amide bonds. The first-order chi connectivity index (χ1) is 17.2. The fraction of sp³-hybridized carbons (Fsp3) is 0.360. The number of methoxy groups -OCH3 is 1. The first-order valence-corrected chi connectivity index (χ1v) is 11.6. The molecule has 11 heteroatoms. The Morgan fingerprint density at radius 2 is 2.03 bits per heavy atom. The molecule has 2 aliphatic rings. The average molecular weight is 503 g/mol. The summed E-state index contributed by atoms with van der Waals surface area (Å²) in [5.74, 6) is -0.900. The lowest BCUT2D eigenvalue weighted by atomic mass is 9.85. The lowest BCUT2D eigenvalue weighted by molar-refractivity contribution is -0.138. The molecule has 5 rings (SSSR count). The van der Waals surface area contributed by atoms with E-state index in [1.54, 1.807) is 13.4 Å². The van der Waals surface area contributed by atoms with Crippen LogP contribution in [0.2, 0.25) is 0 Å². The number of pyridine rings is 1. The van der Waals surface area contributed by atoms with Crippen molar-refractivity contribution < 1.29 is 22.3 Å². The second-order valence-electron chi connectivity index (χ2n) is 8.94. The number of ether oxygens (including phenoxy) is 1. The number of aryl methyl sites for hydroxylation is 1. The molecule has 0 radical (unpaired) electrons. The zero-order valence-electron chi connectivity index (χ0n) is 19.8. The number of rotatable bonds is 5. The summed E-state index contributed by atoms with van der Waals surface area (Å²) in [5, 5.41) is 5.29. The number of hydrazine groups is 1. The van der Waals surface area contributed by atoms with Crippen LogP contribution in [0.4, 0.5) is 17.6 Å². The molecule has 2 N–H and O–H groups in total. The SMILES string of the molecule is COc1nc(/C=C/C2NC3[C@H](c4ccc(F)cc4C(F)(F)F)CCCN3N2)ccc1-n1cnc(C)c1. The molecule has 0 spiro atoms. The van der Waals surface area contributed by atoms with Gasteiger partial charge in [-0.25, -0.2) is 24.8 Å². The number of halogens is 4. The monoisotopic (exact) mass is 502 g/mol. The maximum absolute atomic E-state index is 13.7. The Kier molecular flexibility index (Phi) is 6.54. The van der Waals surface area contributed by atoms with Gasteiger partial charge in [0.2, 0.25) is 5.88 Å². The molecule has 3 aromatic rings. The third-order valence-corrected chi connectivity index (χ3v) is 6.51. The molecule has 0 saturated carbocycles.